The molecule has 6 rings (SSSR count). The van der Waals surface area contributed by atoms with Crippen molar-refractivity contribution in [2.45, 2.75) is 18.9 Å². The molecule has 0 unspecified atom stereocenters. The third-order valence-corrected chi connectivity index (χ3v) is 7.41. The molecule has 2 aliphatic rings. The lowest BCUT2D eigenvalue weighted by molar-refractivity contribution is 0.0345. The van der Waals surface area contributed by atoms with E-state index < -0.39 is 0 Å². The summed E-state index contributed by atoms with van der Waals surface area (Å²) in [6.07, 6.45) is 3.87. The van der Waals surface area contributed by atoms with Gasteiger partial charge in [0.25, 0.3) is 11.8 Å². The van der Waals surface area contributed by atoms with Gasteiger partial charge in [-0.1, -0.05) is 18.2 Å². The highest BCUT2D eigenvalue weighted by Gasteiger charge is 2.42. The number of piperazine rings is 1. The van der Waals surface area contributed by atoms with E-state index in [4.69, 9.17) is 9.47 Å². The molecule has 1 saturated heterocycles. The summed E-state index contributed by atoms with van der Waals surface area (Å²) in [5.74, 6) is 1.55. The highest BCUT2D eigenvalue weighted by molar-refractivity contribution is 5.96. The van der Waals surface area contributed by atoms with Crippen LogP contribution in [-0.2, 0) is 0 Å². The number of carbonyl (C=O) groups excluding carboxylic acids is 2. The van der Waals surface area contributed by atoms with E-state index in [1.807, 2.05) is 64.4 Å². The minimum absolute atomic E-state index is 0.0119. The topological polar surface area (TPSA) is 89.3 Å². The second kappa shape index (κ2) is 9.81. The summed E-state index contributed by atoms with van der Waals surface area (Å²) in [6, 6.07) is 18.6. The van der Waals surface area contributed by atoms with Gasteiger partial charge in [-0.3, -0.25) is 9.59 Å². The quantitative estimate of drug-likeness (QED) is 0.391. The standard InChI is InChI=1S/C29H29N5O4/c1-37-25-11-10-21(16-26(25)38-2)23-12-13-30-27-17-22(31-34(23)27)29(36)32-14-15-33(24(18-32)19-8-9-19)28(35)20-6-4-3-5-7-20/h3-7,10-13,16-17,19,24H,8-9,14-15,18H2,1-2H3/t24-/m1/s1. The molecule has 194 valence electrons. The number of hydrogen-bond donors (Lipinski definition) is 0. The number of carbonyl (C=O) groups is 2. The Morgan fingerprint density at radius 1 is 0.895 bits per heavy atom. The van der Waals surface area contributed by atoms with Crippen molar-refractivity contribution in [2.75, 3.05) is 33.9 Å². The Morgan fingerprint density at radius 3 is 2.42 bits per heavy atom. The number of ether oxygens (including phenoxy) is 2. The maximum absolute atomic E-state index is 13.6. The van der Waals surface area contributed by atoms with E-state index >= 15 is 0 Å². The molecule has 3 heterocycles. The third kappa shape index (κ3) is 4.34. The predicted octanol–water partition coefficient (Wildman–Crippen LogP) is 3.79. The Labute approximate surface area is 220 Å². The van der Waals surface area contributed by atoms with Gasteiger partial charge in [-0.05, 0) is 55.2 Å². The first-order chi connectivity index (χ1) is 18.6. The molecule has 9 heteroatoms. The van der Waals surface area contributed by atoms with E-state index in [9.17, 15) is 9.59 Å². The van der Waals surface area contributed by atoms with Crippen LogP contribution in [0.5, 0.6) is 11.5 Å². The maximum Gasteiger partial charge on any atom is 0.274 e. The zero-order chi connectivity index (χ0) is 26.2. The fourth-order valence-electron chi connectivity index (χ4n) is 5.25. The lowest BCUT2D eigenvalue weighted by Crippen LogP contribution is -2.57. The van der Waals surface area contributed by atoms with Crippen molar-refractivity contribution in [1.82, 2.24) is 24.4 Å². The van der Waals surface area contributed by atoms with Gasteiger partial charge in [-0.15, -0.1) is 0 Å². The molecule has 0 spiro atoms. The largest absolute Gasteiger partial charge is 0.493 e. The molecule has 2 aromatic heterocycles. The maximum atomic E-state index is 13.6. The third-order valence-electron chi connectivity index (χ3n) is 7.41. The van der Waals surface area contributed by atoms with Crippen molar-refractivity contribution in [1.29, 1.82) is 0 Å². The molecule has 4 aromatic rings. The second-order valence-electron chi connectivity index (χ2n) is 9.72. The van der Waals surface area contributed by atoms with Crippen LogP contribution in [0.4, 0.5) is 0 Å². The zero-order valence-corrected chi connectivity index (χ0v) is 21.4. The fourth-order valence-corrected chi connectivity index (χ4v) is 5.25. The van der Waals surface area contributed by atoms with Crippen molar-refractivity contribution in [3.8, 4) is 22.8 Å². The van der Waals surface area contributed by atoms with Gasteiger partial charge in [-0.25, -0.2) is 9.50 Å². The molecule has 1 atom stereocenters. The van der Waals surface area contributed by atoms with Crippen molar-refractivity contribution in [2.24, 2.45) is 5.92 Å². The van der Waals surface area contributed by atoms with Gasteiger partial charge in [0.05, 0.1) is 26.0 Å². The molecule has 9 nitrogen and oxygen atoms in total. The minimum Gasteiger partial charge on any atom is -0.493 e. The van der Waals surface area contributed by atoms with E-state index in [-0.39, 0.29) is 17.9 Å². The van der Waals surface area contributed by atoms with E-state index in [1.165, 1.54) is 0 Å². The molecule has 0 bridgehead atoms. The lowest BCUT2D eigenvalue weighted by atomic mass is 10.0. The van der Waals surface area contributed by atoms with E-state index in [1.54, 1.807) is 31.0 Å². The van der Waals surface area contributed by atoms with Crippen LogP contribution >= 0.6 is 0 Å². The number of rotatable bonds is 6. The van der Waals surface area contributed by atoms with Crippen LogP contribution in [-0.4, -0.2) is 76.1 Å². The fraction of sp³-hybridized carbons (Fsp3) is 0.310. The number of fused-ring (bicyclic) bond motifs is 1. The molecule has 2 amide bonds. The van der Waals surface area contributed by atoms with Crippen LogP contribution in [0.1, 0.15) is 33.7 Å². The molecule has 38 heavy (non-hydrogen) atoms. The molecule has 1 aliphatic heterocycles. The Bertz CT molecular complexity index is 1500. The number of hydrogen-bond acceptors (Lipinski definition) is 6. The molecule has 2 aromatic carbocycles. The molecule has 0 N–H and O–H groups in total. The van der Waals surface area contributed by atoms with Gasteiger partial charge in [0.2, 0.25) is 0 Å². The van der Waals surface area contributed by atoms with Crippen LogP contribution in [0.15, 0.2) is 66.9 Å². The van der Waals surface area contributed by atoms with Crippen molar-refractivity contribution < 1.29 is 19.1 Å². The van der Waals surface area contributed by atoms with Crippen LogP contribution < -0.4 is 9.47 Å². The average Bonchev–Trinajstić information content (AvgIpc) is 3.73. The summed E-state index contributed by atoms with van der Waals surface area (Å²) in [5, 5.41) is 4.66. The smallest absolute Gasteiger partial charge is 0.274 e. The van der Waals surface area contributed by atoms with Gasteiger partial charge >= 0.3 is 0 Å². The van der Waals surface area contributed by atoms with Gasteiger partial charge in [0, 0.05) is 43.0 Å². The Hall–Kier alpha value is -4.40. The summed E-state index contributed by atoms with van der Waals surface area (Å²) < 4.78 is 12.5. The van der Waals surface area contributed by atoms with Crippen molar-refractivity contribution in [3.63, 3.8) is 0 Å². The van der Waals surface area contributed by atoms with E-state index in [0.717, 1.165) is 24.1 Å². The normalized spacial score (nSPS) is 17.5. The van der Waals surface area contributed by atoms with Gasteiger partial charge in [0.1, 0.15) is 0 Å². The van der Waals surface area contributed by atoms with Crippen LogP contribution in [0.25, 0.3) is 16.9 Å². The zero-order valence-electron chi connectivity index (χ0n) is 21.4. The van der Waals surface area contributed by atoms with Crippen molar-refractivity contribution >= 4 is 17.5 Å². The summed E-state index contributed by atoms with van der Waals surface area (Å²) in [4.78, 5) is 35.1. The summed E-state index contributed by atoms with van der Waals surface area (Å²) in [7, 11) is 3.19. The molecule has 0 radical (unpaired) electrons. The van der Waals surface area contributed by atoms with E-state index in [2.05, 4.69) is 10.1 Å². The van der Waals surface area contributed by atoms with Gasteiger partial charge in [0.15, 0.2) is 22.8 Å². The number of nitrogens with zero attached hydrogens (tertiary/aromatic N) is 5. The monoisotopic (exact) mass is 511 g/mol. The highest BCUT2D eigenvalue weighted by atomic mass is 16.5. The first-order valence-electron chi connectivity index (χ1n) is 12.8. The highest BCUT2D eigenvalue weighted by Crippen LogP contribution is 2.38. The number of aromatic nitrogens is 3. The molecule has 1 saturated carbocycles. The first-order valence-corrected chi connectivity index (χ1v) is 12.8. The average molecular weight is 512 g/mol. The van der Waals surface area contributed by atoms with Gasteiger partial charge in [-0.2, -0.15) is 5.10 Å². The number of methoxy groups -OCH3 is 2. The Morgan fingerprint density at radius 2 is 1.68 bits per heavy atom. The summed E-state index contributed by atoms with van der Waals surface area (Å²) >= 11 is 0. The number of amides is 2. The lowest BCUT2D eigenvalue weighted by Gasteiger charge is -2.41. The van der Waals surface area contributed by atoms with Crippen molar-refractivity contribution in [3.05, 3.63) is 78.1 Å². The van der Waals surface area contributed by atoms with Crippen LogP contribution in [0, 0.1) is 5.92 Å². The Kier molecular flexibility index (Phi) is 6.19. The first kappa shape index (κ1) is 24.0. The predicted molar refractivity (Wildman–Crippen MR) is 141 cm³/mol. The summed E-state index contributed by atoms with van der Waals surface area (Å²) in [5.41, 5.74) is 3.25. The Balaban J connectivity index is 1.26. The van der Waals surface area contributed by atoms with Crippen LogP contribution in [0.2, 0.25) is 0 Å². The minimum atomic E-state index is -0.147. The second-order valence-corrected chi connectivity index (χ2v) is 9.72. The SMILES string of the molecule is COc1ccc(-c2ccnc3cc(C(=O)N4CCN(C(=O)c5ccccc5)[C@@H](C5CC5)C4)nn23)cc1OC. The van der Waals surface area contributed by atoms with Crippen LogP contribution in [0.3, 0.4) is 0 Å². The molecular formula is C29H29N5O4. The molecule has 2 fully saturated rings. The molecular weight excluding hydrogens is 482 g/mol. The summed E-state index contributed by atoms with van der Waals surface area (Å²) in [6.45, 7) is 1.47. The van der Waals surface area contributed by atoms with Gasteiger partial charge < -0.3 is 19.3 Å². The van der Waals surface area contributed by atoms with E-state index in [0.29, 0.717) is 54.0 Å². The number of benzene rings is 2. The molecule has 1 aliphatic carbocycles.